The van der Waals surface area contributed by atoms with E-state index in [2.05, 4.69) is 61.4 Å². The molecule has 84 heavy (non-hydrogen) atoms. The van der Waals surface area contributed by atoms with Gasteiger partial charge in [-0.3, -0.25) is 27.9 Å². The first-order chi connectivity index (χ1) is 39.2. The van der Waals surface area contributed by atoms with Crippen LogP contribution >= 0.6 is 0 Å². The van der Waals surface area contributed by atoms with Gasteiger partial charge in [0.05, 0.1) is 67.5 Å². The number of aromatic nitrogens is 6. The lowest BCUT2D eigenvalue weighted by Crippen LogP contribution is -2.27. The Bertz CT molecular complexity index is 3780. The monoisotopic (exact) mass is 1190 g/mol. The number of halogens is 4. The Morgan fingerprint density at radius 2 is 0.976 bits per heavy atom. The minimum absolute atomic E-state index is 0.0209. The van der Waals surface area contributed by atoms with Crippen molar-refractivity contribution in [2.24, 2.45) is 0 Å². The molecule has 4 aromatic carbocycles. The predicted octanol–water partition coefficient (Wildman–Crippen LogP) is 14.2. The molecule has 444 valence electrons. The molecule has 0 spiro atoms. The SMILES string of the molecule is Cc1cc(OC(F)F)c(C(=O)c2nc3cc(C#N)ccc3n2COCC[Si](C)(C)C)c2ccn(C(=O)OC(C)(C)C)c12.Cc1cc(OC(F)F)c(C(=O)c2nc3ccc(C#N)cc3n2COCC[Si](C)(C)C)c2ccn(C(=O)OC(C)(C)C)c12. The Kier molecular flexibility index (Phi) is 18.8. The van der Waals surface area contributed by atoms with Crippen molar-refractivity contribution in [3.05, 3.63) is 118 Å². The summed E-state index contributed by atoms with van der Waals surface area (Å²) in [4.78, 5) is 63.6. The number of carbonyl (C=O) groups is 4. The van der Waals surface area contributed by atoms with E-state index in [9.17, 15) is 47.3 Å². The summed E-state index contributed by atoms with van der Waals surface area (Å²) in [7, 11) is -2.80. The van der Waals surface area contributed by atoms with Gasteiger partial charge in [-0.25, -0.2) is 19.6 Å². The topological polar surface area (TPSA) is 217 Å². The van der Waals surface area contributed by atoms with Gasteiger partial charge in [0.2, 0.25) is 11.6 Å². The molecule has 4 heterocycles. The van der Waals surface area contributed by atoms with Crippen molar-refractivity contribution in [1.82, 2.24) is 28.2 Å². The van der Waals surface area contributed by atoms with E-state index < -0.39 is 64.3 Å². The zero-order valence-corrected chi connectivity index (χ0v) is 51.5. The molecule has 0 amide bonds. The van der Waals surface area contributed by atoms with Crippen LogP contribution in [0.25, 0.3) is 43.9 Å². The molecule has 0 radical (unpaired) electrons. The van der Waals surface area contributed by atoms with Crippen LogP contribution in [-0.2, 0) is 32.4 Å². The molecule has 0 aliphatic rings. The highest BCUT2D eigenvalue weighted by molar-refractivity contribution is 6.76. The number of imidazole rings is 2. The number of nitriles is 2. The Morgan fingerprint density at radius 3 is 1.38 bits per heavy atom. The van der Waals surface area contributed by atoms with E-state index in [1.54, 1.807) is 96.4 Å². The number of carbonyl (C=O) groups excluding carboxylic acids is 4. The van der Waals surface area contributed by atoms with Gasteiger partial charge < -0.3 is 28.4 Å². The second-order valence-corrected chi connectivity index (χ2v) is 35.7. The van der Waals surface area contributed by atoms with Gasteiger partial charge in [0.25, 0.3) is 0 Å². The zero-order chi connectivity index (χ0) is 62.0. The summed E-state index contributed by atoms with van der Waals surface area (Å²) >= 11 is 0. The standard InChI is InChI=1S/2C30H34F2N4O5Si/c1-18-14-23(40-28(31)32)24(20-10-11-35(25(18)20)29(38)41-30(2,3)4)26(37)27-34-21-15-19(16-33)8-9-22(21)36(27)17-39-12-13-42(5,6)7;1-18-14-23(40-28(31)32)24(20-10-11-35(25(18)20)29(38)41-30(2,3)4)26(37)27-34-21-9-8-19(16-33)15-22(21)36(27)17-39-12-13-42(5,6)7/h2*8-11,14-15,28H,12-13,17H2,1-7H3. The quantitative estimate of drug-likeness (QED) is 0.0338. The van der Waals surface area contributed by atoms with Gasteiger partial charge in [0.15, 0.2) is 11.6 Å². The Morgan fingerprint density at radius 1 is 0.571 bits per heavy atom. The van der Waals surface area contributed by atoms with E-state index in [-0.39, 0.29) is 58.5 Å². The second-order valence-electron chi connectivity index (χ2n) is 24.5. The maximum Gasteiger partial charge on any atom is 0.419 e. The Balaban J connectivity index is 0.000000241. The van der Waals surface area contributed by atoms with Crippen LogP contribution in [0, 0.1) is 36.5 Å². The molecular formula is C60H68F4N8O10Si2. The largest absolute Gasteiger partial charge is 0.443 e. The minimum Gasteiger partial charge on any atom is -0.443 e. The highest BCUT2D eigenvalue weighted by Crippen LogP contribution is 2.38. The number of hydrogen-bond acceptors (Lipinski definition) is 14. The molecular weight excluding hydrogens is 1120 g/mol. The average Bonchev–Trinajstić information content (AvgIpc) is 2.01. The van der Waals surface area contributed by atoms with Gasteiger partial charge in [-0.1, -0.05) is 39.3 Å². The van der Waals surface area contributed by atoms with E-state index in [0.717, 1.165) is 12.1 Å². The van der Waals surface area contributed by atoms with E-state index in [4.69, 9.17) is 28.4 Å². The second kappa shape index (κ2) is 25.0. The van der Waals surface area contributed by atoms with Gasteiger partial charge >= 0.3 is 25.4 Å². The number of ether oxygens (including phenoxy) is 6. The fraction of sp³-hybridized carbons (Fsp3) is 0.400. The third-order valence-electron chi connectivity index (χ3n) is 12.9. The molecule has 24 heteroatoms. The molecule has 0 aliphatic carbocycles. The van der Waals surface area contributed by atoms with Crippen LogP contribution in [0.2, 0.25) is 51.4 Å². The molecule has 0 bridgehead atoms. The fourth-order valence-corrected chi connectivity index (χ4v) is 10.6. The molecule has 0 saturated heterocycles. The molecule has 0 saturated carbocycles. The number of aryl methyl sites for hydroxylation is 2. The molecule has 8 rings (SSSR count). The molecule has 0 atom stereocenters. The first-order valence-electron chi connectivity index (χ1n) is 26.9. The van der Waals surface area contributed by atoms with Crippen LogP contribution in [0.15, 0.2) is 73.1 Å². The third kappa shape index (κ3) is 15.0. The normalized spacial score (nSPS) is 12.2. The number of ketones is 2. The van der Waals surface area contributed by atoms with Crippen molar-refractivity contribution in [3.8, 4) is 23.6 Å². The summed E-state index contributed by atoms with van der Waals surface area (Å²) in [6, 6.07) is 21.1. The molecule has 0 N–H and O–H groups in total. The number of hydrogen-bond donors (Lipinski definition) is 0. The van der Waals surface area contributed by atoms with E-state index in [0.29, 0.717) is 68.6 Å². The van der Waals surface area contributed by atoms with Crippen LogP contribution in [0.3, 0.4) is 0 Å². The summed E-state index contributed by atoms with van der Waals surface area (Å²) in [6.45, 7) is 21.3. The lowest BCUT2D eigenvalue weighted by molar-refractivity contribution is -0.0507. The summed E-state index contributed by atoms with van der Waals surface area (Å²) < 4.78 is 92.4. The summed E-state index contributed by atoms with van der Waals surface area (Å²) in [5, 5.41) is 19.3. The lowest BCUT2D eigenvalue weighted by atomic mass is 10.0. The van der Waals surface area contributed by atoms with Gasteiger partial charge in [-0.15, -0.1) is 0 Å². The minimum atomic E-state index is -3.21. The highest BCUT2D eigenvalue weighted by Gasteiger charge is 2.32. The molecule has 18 nitrogen and oxygen atoms in total. The summed E-state index contributed by atoms with van der Waals surface area (Å²) in [5.74, 6) is -2.28. The first kappa shape index (κ1) is 63.4. The molecule has 0 aliphatic heterocycles. The van der Waals surface area contributed by atoms with E-state index in [1.165, 1.54) is 50.4 Å². The van der Waals surface area contributed by atoms with Gasteiger partial charge in [-0.2, -0.15) is 28.1 Å². The van der Waals surface area contributed by atoms with Gasteiger partial charge in [0.1, 0.15) is 36.2 Å². The van der Waals surface area contributed by atoms with E-state index >= 15 is 0 Å². The number of fused-ring (bicyclic) bond motifs is 4. The number of rotatable bonds is 18. The first-order valence-corrected chi connectivity index (χ1v) is 34.3. The van der Waals surface area contributed by atoms with Crippen LogP contribution in [-0.4, -0.2) is 106 Å². The number of benzene rings is 4. The van der Waals surface area contributed by atoms with Crippen molar-refractivity contribution in [3.63, 3.8) is 0 Å². The van der Waals surface area contributed by atoms with E-state index in [1.807, 2.05) is 0 Å². The highest BCUT2D eigenvalue weighted by atomic mass is 28.3. The third-order valence-corrected chi connectivity index (χ3v) is 16.3. The van der Waals surface area contributed by atoms with Crippen LogP contribution in [0.5, 0.6) is 11.5 Å². The summed E-state index contributed by atoms with van der Waals surface area (Å²) in [5.41, 5.74) is 2.06. The zero-order valence-electron chi connectivity index (χ0n) is 49.5. The smallest absolute Gasteiger partial charge is 0.419 e. The van der Waals surface area contributed by atoms with Crippen molar-refractivity contribution in [2.75, 3.05) is 13.2 Å². The molecule has 8 aromatic rings. The number of alkyl halides is 4. The van der Waals surface area contributed by atoms with Crippen LogP contribution in [0.1, 0.15) is 96.2 Å². The lowest BCUT2D eigenvalue weighted by Gasteiger charge is -2.20. The maximum absolute atomic E-state index is 14.3. The number of nitrogens with zero attached hydrogens (tertiary/aromatic N) is 8. The van der Waals surface area contributed by atoms with Crippen molar-refractivity contribution < 1.29 is 65.2 Å². The van der Waals surface area contributed by atoms with Crippen molar-refractivity contribution in [2.45, 2.75) is 145 Å². The van der Waals surface area contributed by atoms with Crippen LogP contribution < -0.4 is 9.47 Å². The molecule has 0 unspecified atom stereocenters. The van der Waals surface area contributed by atoms with Crippen molar-refractivity contribution >= 4 is 83.8 Å². The molecule has 0 fully saturated rings. The maximum atomic E-state index is 14.3. The average molecular weight is 1190 g/mol. The Labute approximate surface area is 485 Å². The van der Waals surface area contributed by atoms with Gasteiger partial charge in [0, 0.05) is 52.5 Å². The van der Waals surface area contributed by atoms with Crippen LogP contribution in [0.4, 0.5) is 27.2 Å². The molecule has 4 aromatic heterocycles. The summed E-state index contributed by atoms with van der Waals surface area (Å²) in [6.07, 6.45) is 1.48. The van der Waals surface area contributed by atoms with Gasteiger partial charge in [-0.05, 0) is 139 Å². The fourth-order valence-electron chi connectivity index (χ4n) is 9.08. The predicted molar refractivity (Wildman–Crippen MR) is 314 cm³/mol. The Hall–Kier alpha value is -8.17. The van der Waals surface area contributed by atoms with Crippen molar-refractivity contribution in [1.29, 1.82) is 10.5 Å².